The number of aromatic nitrogens is 1. The first-order chi connectivity index (χ1) is 27.4. The van der Waals surface area contributed by atoms with Gasteiger partial charge in [-0.3, -0.25) is 24.8 Å². The zero-order chi connectivity index (χ0) is 45.6. The molecule has 9 heteroatoms. The summed E-state index contributed by atoms with van der Waals surface area (Å²) in [6, 6.07) is 17.6. The highest BCUT2D eigenvalue weighted by Gasteiger charge is 2.36. The van der Waals surface area contributed by atoms with Crippen molar-refractivity contribution in [3.8, 4) is 11.3 Å². The van der Waals surface area contributed by atoms with Gasteiger partial charge in [0.25, 0.3) is 0 Å². The van der Waals surface area contributed by atoms with E-state index < -0.39 is 105 Å². The Balaban J connectivity index is 2.19. The van der Waals surface area contributed by atoms with Crippen LogP contribution in [0.1, 0.15) is 94.2 Å². The molecule has 0 saturated heterocycles. The zero-order valence-electron chi connectivity index (χ0n) is 39.6. The van der Waals surface area contributed by atoms with E-state index >= 15 is 0 Å². The molecule has 3 N–H and O–H groups in total. The number of aliphatic hydroxyl groups excluding tert-OH is 1. The van der Waals surface area contributed by atoms with Gasteiger partial charge >= 0.3 is 0 Å². The number of amides is 2. The lowest BCUT2D eigenvalue weighted by atomic mass is 9.77. The van der Waals surface area contributed by atoms with Gasteiger partial charge in [0.2, 0.25) is 11.8 Å². The lowest BCUT2D eigenvalue weighted by molar-refractivity contribution is -0.138. The molecule has 1 heterocycles. The minimum atomic E-state index is -3.29. The Hall–Kier alpha value is -4.21. The fraction of sp³-hybridized carbons (Fsp3) is 0.475. The molecule has 0 bridgehead atoms. The monoisotopic (exact) mass is 681 g/mol. The molecular formula is C40H54N4O5. The van der Waals surface area contributed by atoms with Crippen molar-refractivity contribution in [1.82, 2.24) is 20.7 Å². The number of nitrogens with zero attached hydrogens (tertiary/aromatic N) is 2. The standard InChI is InChI=1S/C40H54N4O5/c1-27(45)22-33(39(3,4)5)38(49)43-44(25-30-17-19-31(20-18-30)34-16-12-13-21-41-34)26-36(48)32(23-29-14-10-9-11-15-29)24-35(47)37(40(6,7)8)42-28(2)46/h9-21,32-33,36-37,48H,22-26H2,1-8H3,(H,42,46)(H,43,49)/t32-,33-,36+,37-/m1/s1/i3D3,6D3,7D3,25D2. The Kier molecular flexibility index (Phi) is 9.16. The maximum Gasteiger partial charge on any atom is 0.238 e. The second kappa shape index (κ2) is 17.4. The summed E-state index contributed by atoms with van der Waals surface area (Å²) in [6.07, 6.45) is -1.49. The average molecular weight is 682 g/mol. The van der Waals surface area contributed by atoms with Crippen molar-refractivity contribution in [3.63, 3.8) is 0 Å². The molecule has 4 atom stereocenters. The topological polar surface area (TPSA) is 129 Å². The first kappa shape index (κ1) is 25.7. The molecule has 2 amide bonds. The van der Waals surface area contributed by atoms with Crippen LogP contribution in [0.15, 0.2) is 79.0 Å². The number of hydrogen-bond donors (Lipinski definition) is 3. The first-order valence-corrected chi connectivity index (χ1v) is 16.1. The van der Waals surface area contributed by atoms with Gasteiger partial charge in [0.05, 0.1) is 26.5 Å². The van der Waals surface area contributed by atoms with Gasteiger partial charge in [-0.15, -0.1) is 0 Å². The van der Waals surface area contributed by atoms with E-state index in [4.69, 9.17) is 12.3 Å². The third-order valence-electron chi connectivity index (χ3n) is 8.00. The van der Waals surface area contributed by atoms with Gasteiger partial charge in [0.15, 0.2) is 5.78 Å². The molecule has 0 aliphatic heterocycles. The molecule has 0 saturated carbocycles. The van der Waals surface area contributed by atoms with Crippen molar-refractivity contribution >= 4 is 23.4 Å². The fourth-order valence-corrected chi connectivity index (χ4v) is 5.42. The lowest BCUT2D eigenvalue weighted by Crippen LogP contribution is -2.52. The van der Waals surface area contributed by atoms with E-state index in [1.165, 1.54) is 32.9 Å². The molecule has 3 rings (SSSR count). The molecule has 49 heavy (non-hydrogen) atoms. The van der Waals surface area contributed by atoms with Crippen LogP contribution < -0.4 is 10.7 Å². The Bertz CT molecular complexity index is 1930. The number of benzene rings is 2. The Morgan fingerprint density at radius 1 is 0.878 bits per heavy atom. The van der Waals surface area contributed by atoms with Gasteiger partial charge in [0, 0.05) is 56.9 Å². The van der Waals surface area contributed by atoms with Gasteiger partial charge in [0.1, 0.15) is 5.78 Å². The van der Waals surface area contributed by atoms with E-state index in [1.807, 2.05) is 0 Å². The van der Waals surface area contributed by atoms with Crippen LogP contribution in [0.5, 0.6) is 0 Å². The van der Waals surface area contributed by atoms with Crippen LogP contribution in [0.4, 0.5) is 0 Å². The zero-order valence-corrected chi connectivity index (χ0v) is 28.6. The summed E-state index contributed by atoms with van der Waals surface area (Å²) in [5, 5.41) is 15.1. The van der Waals surface area contributed by atoms with E-state index in [1.54, 1.807) is 66.9 Å². The predicted octanol–water partition coefficient (Wildman–Crippen LogP) is 5.95. The Morgan fingerprint density at radius 3 is 2.10 bits per heavy atom. The number of nitrogens with one attached hydrogen (secondary N) is 2. The molecule has 0 radical (unpaired) electrons. The van der Waals surface area contributed by atoms with Gasteiger partial charge in [-0.1, -0.05) is 102 Å². The lowest BCUT2D eigenvalue weighted by Gasteiger charge is -2.35. The predicted molar refractivity (Wildman–Crippen MR) is 193 cm³/mol. The van der Waals surface area contributed by atoms with Crippen molar-refractivity contribution in [2.45, 2.75) is 93.1 Å². The maximum absolute atomic E-state index is 14.3. The number of aliphatic hydroxyl groups is 1. The molecule has 264 valence electrons. The van der Waals surface area contributed by atoms with Gasteiger partial charge in [-0.05, 0) is 53.4 Å². The summed E-state index contributed by atoms with van der Waals surface area (Å²) in [7, 11) is 0. The second-order valence-corrected chi connectivity index (χ2v) is 13.2. The van der Waals surface area contributed by atoms with Gasteiger partial charge in [-0.25, -0.2) is 5.01 Å². The highest BCUT2D eigenvalue weighted by Crippen LogP contribution is 2.30. The van der Waals surface area contributed by atoms with Gasteiger partial charge < -0.3 is 15.2 Å². The van der Waals surface area contributed by atoms with Crippen LogP contribution in [0.25, 0.3) is 11.3 Å². The number of hydrogen-bond acceptors (Lipinski definition) is 7. The van der Waals surface area contributed by atoms with E-state index in [0.29, 0.717) is 16.8 Å². The summed E-state index contributed by atoms with van der Waals surface area (Å²) < 4.78 is 92.1. The SMILES string of the molecule is [2H]C([2H])(c1ccc(-c2ccccn2)cc1)N(C[C@H](O)[C@@H](CC(=O)[C@@H](NC(C)=O)C(C)(C([2H])([2H])[2H])C([2H])([2H])[2H])Cc1ccccc1)NC(=O)[C@@H](CC(C)=O)C(C)(C)C([2H])([2H])[2H]. The van der Waals surface area contributed by atoms with Crippen molar-refractivity contribution < 1.29 is 39.4 Å². The average Bonchev–Trinajstić information content (AvgIpc) is 3.14. The number of ketones is 2. The van der Waals surface area contributed by atoms with Gasteiger partial charge in [-0.2, -0.15) is 0 Å². The fourth-order valence-electron chi connectivity index (χ4n) is 5.42. The van der Waals surface area contributed by atoms with Crippen molar-refractivity contribution in [2.75, 3.05) is 6.54 Å². The first-order valence-electron chi connectivity index (χ1n) is 21.6. The smallest absolute Gasteiger partial charge is 0.238 e. The van der Waals surface area contributed by atoms with Crippen LogP contribution in [0.2, 0.25) is 0 Å². The number of Topliss-reactive ketones (excluding diaryl/α,β-unsaturated/α-hetero) is 2. The number of carbonyl (C=O) groups is 4. The van der Waals surface area contributed by atoms with Crippen molar-refractivity contribution in [2.24, 2.45) is 22.7 Å². The molecule has 0 aliphatic rings. The minimum Gasteiger partial charge on any atom is -0.391 e. The maximum atomic E-state index is 14.3. The largest absolute Gasteiger partial charge is 0.391 e. The Morgan fingerprint density at radius 2 is 1.53 bits per heavy atom. The van der Waals surface area contributed by atoms with E-state index in [2.05, 4.69) is 15.7 Å². The minimum absolute atomic E-state index is 0.0274. The van der Waals surface area contributed by atoms with Crippen LogP contribution >= 0.6 is 0 Å². The number of carbonyl (C=O) groups excluding carboxylic acids is 4. The van der Waals surface area contributed by atoms with E-state index in [0.717, 1.165) is 18.9 Å². The summed E-state index contributed by atoms with van der Waals surface area (Å²) in [6.45, 7) is -7.17. The van der Waals surface area contributed by atoms with Crippen molar-refractivity contribution in [3.05, 3.63) is 90.1 Å². The molecule has 1 aromatic heterocycles. The quantitative estimate of drug-likeness (QED) is 0.159. The highest BCUT2D eigenvalue weighted by atomic mass is 16.3. The van der Waals surface area contributed by atoms with Crippen LogP contribution in [-0.2, 0) is 32.1 Å². The van der Waals surface area contributed by atoms with Crippen molar-refractivity contribution in [1.29, 1.82) is 0 Å². The molecule has 2 aromatic carbocycles. The van der Waals surface area contributed by atoms with Crippen LogP contribution in [0, 0.1) is 22.7 Å². The molecular weight excluding hydrogens is 616 g/mol. The Labute approximate surface area is 307 Å². The number of pyridine rings is 1. The summed E-state index contributed by atoms with van der Waals surface area (Å²) in [5.41, 5.74) is -0.373. The second-order valence-electron chi connectivity index (χ2n) is 13.2. The molecule has 9 nitrogen and oxygen atoms in total. The number of hydrazine groups is 1. The molecule has 0 spiro atoms. The van der Waals surface area contributed by atoms with E-state index in [-0.39, 0.29) is 12.0 Å². The molecule has 0 aliphatic carbocycles. The van der Waals surface area contributed by atoms with E-state index in [9.17, 15) is 27.0 Å². The third kappa shape index (κ3) is 12.6. The molecule has 3 aromatic rings. The summed E-state index contributed by atoms with van der Waals surface area (Å²) in [5.74, 6) is -6.21. The third-order valence-corrected chi connectivity index (χ3v) is 8.00. The van der Waals surface area contributed by atoms with Crippen LogP contribution in [-0.4, -0.2) is 57.2 Å². The molecule has 0 fully saturated rings. The number of rotatable bonds is 16. The highest BCUT2D eigenvalue weighted by molar-refractivity contribution is 5.89. The normalized spacial score (nSPS) is 18.8. The molecule has 0 unspecified atom stereocenters. The summed E-state index contributed by atoms with van der Waals surface area (Å²) in [4.78, 5) is 57.6. The summed E-state index contributed by atoms with van der Waals surface area (Å²) >= 11 is 0. The van der Waals surface area contributed by atoms with Crippen LogP contribution in [0.3, 0.4) is 0 Å².